The van der Waals surface area contributed by atoms with Gasteiger partial charge in [0.15, 0.2) is 0 Å². The van der Waals surface area contributed by atoms with E-state index in [2.05, 4.69) is 16.8 Å². The SMILES string of the molecule is Cc1ccc(S(=O)(=O)c2cnc3ccc(F)cc3c2N2CCC(C)CC2)cc1C. The number of anilines is 1. The molecule has 1 aliphatic heterocycles. The van der Waals surface area contributed by atoms with Crippen LogP contribution in [0.2, 0.25) is 0 Å². The molecule has 0 amide bonds. The van der Waals surface area contributed by atoms with Gasteiger partial charge in [-0.1, -0.05) is 13.0 Å². The minimum atomic E-state index is -3.80. The van der Waals surface area contributed by atoms with Crippen molar-refractivity contribution in [2.24, 2.45) is 5.92 Å². The first kappa shape index (κ1) is 19.8. The van der Waals surface area contributed by atoms with Crippen molar-refractivity contribution in [1.82, 2.24) is 4.98 Å². The zero-order valence-corrected chi connectivity index (χ0v) is 17.8. The lowest BCUT2D eigenvalue weighted by atomic mass is 9.98. The summed E-state index contributed by atoms with van der Waals surface area (Å²) >= 11 is 0. The van der Waals surface area contributed by atoms with E-state index in [1.807, 2.05) is 19.9 Å². The zero-order valence-electron chi connectivity index (χ0n) is 16.9. The molecule has 0 radical (unpaired) electrons. The minimum Gasteiger partial charge on any atom is -0.370 e. The van der Waals surface area contributed by atoms with Crippen LogP contribution in [0.25, 0.3) is 10.9 Å². The molecule has 1 aliphatic rings. The van der Waals surface area contributed by atoms with Crippen LogP contribution in [0, 0.1) is 25.6 Å². The molecule has 152 valence electrons. The molecule has 2 aromatic carbocycles. The highest BCUT2D eigenvalue weighted by Crippen LogP contribution is 2.38. The maximum atomic E-state index is 14.1. The Balaban J connectivity index is 1.96. The molecule has 1 fully saturated rings. The van der Waals surface area contributed by atoms with Gasteiger partial charge < -0.3 is 4.90 Å². The summed E-state index contributed by atoms with van der Waals surface area (Å²) in [6, 6.07) is 9.51. The van der Waals surface area contributed by atoms with Crippen molar-refractivity contribution in [3.8, 4) is 0 Å². The number of nitrogens with zero attached hydrogens (tertiary/aromatic N) is 2. The predicted octanol–water partition coefficient (Wildman–Crippen LogP) is 5.06. The second-order valence-corrected chi connectivity index (χ2v) is 9.97. The number of halogens is 1. The van der Waals surface area contributed by atoms with Crippen molar-refractivity contribution < 1.29 is 12.8 Å². The molecule has 6 heteroatoms. The molecule has 3 aromatic rings. The molecule has 0 atom stereocenters. The molecule has 29 heavy (non-hydrogen) atoms. The van der Waals surface area contributed by atoms with Crippen LogP contribution in [0.5, 0.6) is 0 Å². The summed E-state index contributed by atoms with van der Waals surface area (Å²) in [6.07, 6.45) is 3.38. The molecular weight excluding hydrogens is 387 g/mol. The van der Waals surface area contributed by atoms with Crippen molar-refractivity contribution >= 4 is 26.4 Å². The smallest absolute Gasteiger partial charge is 0.210 e. The summed E-state index contributed by atoms with van der Waals surface area (Å²) in [4.78, 5) is 6.82. The van der Waals surface area contributed by atoms with Gasteiger partial charge in [-0.25, -0.2) is 12.8 Å². The van der Waals surface area contributed by atoms with Crippen LogP contribution in [-0.2, 0) is 9.84 Å². The second-order valence-electron chi connectivity index (χ2n) is 8.05. The number of hydrogen-bond donors (Lipinski definition) is 0. The molecular formula is C23H25FN2O2S. The average molecular weight is 413 g/mol. The molecule has 0 aliphatic carbocycles. The lowest BCUT2D eigenvalue weighted by Crippen LogP contribution is -2.34. The fourth-order valence-electron chi connectivity index (χ4n) is 3.90. The van der Waals surface area contributed by atoms with Crippen molar-refractivity contribution in [2.75, 3.05) is 18.0 Å². The van der Waals surface area contributed by atoms with Gasteiger partial charge in [-0.3, -0.25) is 4.98 Å². The van der Waals surface area contributed by atoms with Gasteiger partial charge in [0.25, 0.3) is 0 Å². The first-order chi connectivity index (χ1) is 13.8. The van der Waals surface area contributed by atoms with E-state index in [1.165, 1.54) is 18.3 Å². The van der Waals surface area contributed by atoms with E-state index in [0.717, 1.165) is 37.1 Å². The quantitative estimate of drug-likeness (QED) is 0.603. The summed E-state index contributed by atoms with van der Waals surface area (Å²) < 4.78 is 41.3. The van der Waals surface area contributed by atoms with Gasteiger partial charge in [-0.2, -0.15) is 0 Å². The predicted molar refractivity (Wildman–Crippen MR) is 114 cm³/mol. The largest absolute Gasteiger partial charge is 0.370 e. The summed E-state index contributed by atoms with van der Waals surface area (Å²) in [5, 5.41) is 0.546. The second kappa shape index (κ2) is 7.41. The van der Waals surface area contributed by atoms with Crippen LogP contribution in [0.15, 0.2) is 52.4 Å². The number of hydrogen-bond acceptors (Lipinski definition) is 4. The molecule has 0 N–H and O–H groups in total. The lowest BCUT2D eigenvalue weighted by Gasteiger charge is -2.34. The van der Waals surface area contributed by atoms with Gasteiger partial charge in [-0.05, 0) is 74.1 Å². The maximum absolute atomic E-state index is 14.1. The third-order valence-corrected chi connectivity index (χ3v) is 7.70. The Kier molecular flexibility index (Phi) is 5.07. The van der Waals surface area contributed by atoms with E-state index in [9.17, 15) is 12.8 Å². The Hall–Kier alpha value is -2.47. The van der Waals surface area contributed by atoms with E-state index in [-0.39, 0.29) is 9.79 Å². The normalized spacial score (nSPS) is 15.8. The number of aryl methyl sites for hydroxylation is 2. The zero-order chi connectivity index (χ0) is 20.8. The molecule has 0 spiro atoms. The highest BCUT2D eigenvalue weighted by atomic mass is 32.2. The van der Waals surface area contributed by atoms with Gasteiger partial charge in [0.1, 0.15) is 10.7 Å². The third-order valence-electron chi connectivity index (χ3n) is 5.95. The molecule has 1 saturated heterocycles. The fourth-order valence-corrected chi connectivity index (χ4v) is 5.41. The molecule has 0 saturated carbocycles. The molecule has 0 bridgehead atoms. The first-order valence-corrected chi connectivity index (χ1v) is 11.4. The van der Waals surface area contributed by atoms with Gasteiger partial charge in [-0.15, -0.1) is 0 Å². The number of fused-ring (bicyclic) bond motifs is 1. The van der Waals surface area contributed by atoms with Gasteiger partial charge in [0.2, 0.25) is 9.84 Å². The van der Waals surface area contributed by atoms with Crippen LogP contribution in [0.3, 0.4) is 0 Å². The van der Waals surface area contributed by atoms with Gasteiger partial charge >= 0.3 is 0 Å². The monoisotopic (exact) mass is 412 g/mol. The molecule has 0 unspecified atom stereocenters. The first-order valence-electron chi connectivity index (χ1n) is 9.93. The summed E-state index contributed by atoms with van der Waals surface area (Å²) in [5.41, 5.74) is 3.12. The van der Waals surface area contributed by atoms with E-state index < -0.39 is 15.7 Å². The van der Waals surface area contributed by atoms with Crippen molar-refractivity contribution in [2.45, 2.75) is 43.4 Å². The van der Waals surface area contributed by atoms with E-state index in [1.54, 1.807) is 18.2 Å². The fraction of sp³-hybridized carbons (Fsp3) is 0.348. The van der Waals surface area contributed by atoms with E-state index >= 15 is 0 Å². The number of piperidine rings is 1. The van der Waals surface area contributed by atoms with Crippen LogP contribution >= 0.6 is 0 Å². The van der Waals surface area contributed by atoms with Crippen LogP contribution in [0.1, 0.15) is 30.9 Å². The van der Waals surface area contributed by atoms with Gasteiger partial charge in [0, 0.05) is 24.7 Å². The minimum absolute atomic E-state index is 0.147. The standard InChI is InChI=1S/C23H25FN2O2S/c1-15-8-10-26(11-9-15)23-20-13-18(24)5-7-21(20)25-14-22(23)29(27,28)19-6-4-16(2)17(3)12-19/h4-7,12-15H,8-11H2,1-3H3. The van der Waals surface area contributed by atoms with E-state index in [4.69, 9.17) is 0 Å². The molecule has 2 heterocycles. The Morgan fingerprint density at radius 2 is 1.76 bits per heavy atom. The Bertz CT molecular complexity index is 1180. The third kappa shape index (κ3) is 3.62. The van der Waals surface area contributed by atoms with Gasteiger partial charge in [0.05, 0.1) is 16.1 Å². The Morgan fingerprint density at radius 1 is 1.03 bits per heavy atom. The number of rotatable bonds is 3. The Labute approximate surface area is 171 Å². The molecule has 1 aromatic heterocycles. The summed E-state index contributed by atoms with van der Waals surface area (Å²) in [5.74, 6) is 0.197. The highest BCUT2D eigenvalue weighted by Gasteiger charge is 2.29. The van der Waals surface area contributed by atoms with Crippen LogP contribution in [-0.4, -0.2) is 26.5 Å². The number of sulfone groups is 1. The Morgan fingerprint density at radius 3 is 2.45 bits per heavy atom. The molecule has 4 nitrogen and oxygen atoms in total. The van der Waals surface area contributed by atoms with Crippen molar-refractivity contribution in [1.29, 1.82) is 0 Å². The number of aromatic nitrogens is 1. The molecule has 4 rings (SSSR count). The average Bonchev–Trinajstić information content (AvgIpc) is 2.69. The highest BCUT2D eigenvalue weighted by molar-refractivity contribution is 7.91. The summed E-state index contributed by atoms with van der Waals surface area (Å²) in [6.45, 7) is 7.54. The van der Waals surface area contributed by atoms with Crippen LogP contribution < -0.4 is 4.90 Å². The van der Waals surface area contributed by atoms with Crippen molar-refractivity contribution in [3.63, 3.8) is 0 Å². The summed E-state index contributed by atoms with van der Waals surface area (Å²) in [7, 11) is -3.80. The topological polar surface area (TPSA) is 50.3 Å². The number of benzene rings is 2. The maximum Gasteiger partial charge on any atom is 0.210 e. The van der Waals surface area contributed by atoms with E-state index in [0.29, 0.717) is 22.5 Å². The lowest BCUT2D eigenvalue weighted by molar-refractivity contribution is 0.437. The van der Waals surface area contributed by atoms with Crippen molar-refractivity contribution in [3.05, 3.63) is 59.5 Å². The number of pyridine rings is 1. The van der Waals surface area contributed by atoms with Crippen LogP contribution in [0.4, 0.5) is 10.1 Å².